The molecule has 0 radical (unpaired) electrons. The molecule has 1 saturated heterocycles. The molecule has 110 valence electrons. The molecule has 0 spiro atoms. The molecular weight excluding hydrogens is 268 g/mol. The van der Waals surface area contributed by atoms with Crippen LogP contribution in [0.4, 0.5) is 5.82 Å². The third-order valence-corrected chi connectivity index (χ3v) is 3.75. The Bertz CT molecular complexity index is 679. The van der Waals surface area contributed by atoms with Crippen LogP contribution in [0.25, 0.3) is 10.9 Å². The molecule has 0 bridgehead atoms. The molecule has 2 aromatic rings. The molecule has 1 aromatic carbocycles. The summed E-state index contributed by atoms with van der Waals surface area (Å²) in [7, 11) is 0. The number of hydrogen-bond donors (Lipinski definition) is 2. The lowest BCUT2D eigenvalue weighted by Gasteiger charge is -2.14. The monoisotopic (exact) mass is 286 g/mol. The lowest BCUT2D eigenvalue weighted by molar-refractivity contribution is -0.126. The molecule has 1 aliphatic rings. The van der Waals surface area contributed by atoms with Crippen molar-refractivity contribution < 1.29 is 9.59 Å². The van der Waals surface area contributed by atoms with Crippen molar-refractivity contribution in [2.45, 2.75) is 19.8 Å². The highest BCUT2D eigenvalue weighted by atomic mass is 16.2. The van der Waals surface area contributed by atoms with E-state index in [0.29, 0.717) is 18.9 Å². The first-order chi connectivity index (χ1) is 10.2. The van der Waals surface area contributed by atoms with Crippen LogP contribution in [-0.4, -0.2) is 35.1 Å². The van der Waals surface area contributed by atoms with Crippen molar-refractivity contribution in [3.8, 4) is 0 Å². The van der Waals surface area contributed by atoms with E-state index in [-0.39, 0.29) is 24.2 Å². The third-order valence-electron chi connectivity index (χ3n) is 3.75. The summed E-state index contributed by atoms with van der Waals surface area (Å²) >= 11 is 0. The minimum absolute atomic E-state index is 0.0486. The van der Waals surface area contributed by atoms with Crippen LogP contribution in [0.3, 0.4) is 0 Å². The van der Waals surface area contributed by atoms with Gasteiger partial charge in [0.05, 0.1) is 11.4 Å². The molecule has 3 rings (SSSR count). The van der Waals surface area contributed by atoms with Crippen LogP contribution in [0.1, 0.15) is 19.8 Å². The van der Waals surface area contributed by atoms with E-state index in [1.165, 1.54) is 0 Å². The first-order valence-electron chi connectivity index (χ1n) is 7.22. The SMILES string of the molecule is CCCNC(=O)[C@@H]1CC(=O)N(c2n[nH]c3ccccc23)C1. The van der Waals surface area contributed by atoms with Gasteiger partial charge < -0.3 is 5.32 Å². The lowest BCUT2D eigenvalue weighted by Crippen LogP contribution is -2.33. The predicted molar refractivity (Wildman–Crippen MR) is 79.9 cm³/mol. The molecule has 0 aliphatic carbocycles. The number of nitrogens with one attached hydrogen (secondary N) is 2. The van der Waals surface area contributed by atoms with Gasteiger partial charge in [0.1, 0.15) is 0 Å². The predicted octanol–water partition coefficient (Wildman–Crippen LogP) is 1.44. The second kappa shape index (κ2) is 5.55. The van der Waals surface area contributed by atoms with Gasteiger partial charge in [-0.05, 0) is 18.6 Å². The standard InChI is InChI=1S/C15H18N4O2/c1-2-7-16-15(21)10-8-13(20)19(9-10)14-11-5-3-4-6-12(11)17-18-14/h3-6,10H,2,7-9H2,1H3,(H,16,21)(H,17,18)/t10-/m1/s1. The fourth-order valence-corrected chi connectivity index (χ4v) is 2.64. The minimum Gasteiger partial charge on any atom is -0.356 e. The second-order valence-corrected chi connectivity index (χ2v) is 5.29. The summed E-state index contributed by atoms with van der Waals surface area (Å²) in [6.07, 6.45) is 1.14. The highest BCUT2D eigenvalue weighted by Crippen LogP contribution is 2.29. The normalized spacial score (nSPS) is 18.4. The number of hydrogen-bond acceptors (Lipinski definition) is 3. The number of carbonyl (C=O) groups is 2. The van der Waals surface area contributed by atoms with Crippen molar-refractivity contribution >= 4 is 28.5 Å². The molecule has 2 heterocycles. The maximum atomic E-state index is 12.2. The number of benzene rings is 1. The van der Waals surface area contributed by atoms with Gasteiger partial charge in [-0.15, -0.1) is 0 Å². The Balaban J connectivity index is 1.80. The number of rotatable bonds is 4. The molecule has 0 unspecified atom stereocenters. The number of carbonyl (C=O) groups excluding carboxylic acids is 2. The van der Waals surface area contributed by atoms with Crippen LogP contribution >= 0.6 is 0 Å². The highest BCUT2D eigenvalue weighted by Gasteiger charge is 2.36. The summed E-state index contributed by atoms with van der Waals surface area (Å²) in [5.74, 6) is 0.220. The summed E-state index contributed by atoms with van der Waals surface area (Å²) in [6.45, 7) is 3.04. The Morgan fingerprint density at radius 3 is 3.10 bits per heavy atom. The Hall–Kier alpha value is -2.37. The van der Waals surface area contributed by atoms with Crippen LogP contribution in [0.2, 0.25) is 0 Å². The van der Waals surface area contributed by atoms with E-state index in [9.17, 15) is 9.59 Å². The summed E-state index contributed by atoms with van der Waals surface area (Å²) in [4.78, 5) is 25.8. The van der Waals surface area contributed by atoms with Gasteiger partial charge in [0.25, 0.3) is 0 Å². The molecule has 2 N–H and O–H groups in total. The van der Waals surface area contributed by atoms with Crippen LogP contribution in [-0.2, 0) is 9.59 Å². The van der Waals surface area contributed by atoms with Gasteiger partial charge in [-0.25, -0.2) is 0 Å². The van der Waals surface area contributed by atoms with E-state index >= 15 is 0 Å². The van der Waals surface area contributed by atoms with Gasteiger partial charge in [0.2, 0.25) is 11.8 Å². The van der Waals surface area contributed by atoms with Crippen molar-refractivity contribution in [3.05, 3.63) is 24.3 Å². The molecule has 21 heavy (non-hydrogen) atoms. The van der Waals surface area contributed by atoms with Crippen LogP contribution in [0, 0.1) is 5.92 Å². The van der Waals surface area contributed by atoms with Crippen LogP contribution in [0.15, 0.2) is 24.3 Å². The number of anilines is 1. The molecular formula is C15H18N4O2. The lowest BCUT2D eigenvalue weighted by atomic mass is 10.1. The van der Waals surface area contributed by atoms with E-state index in [1.54, 1.807) is 4.90 Å². The minimum atomic E-state index is -0.292. The highest BCUT2D eigenvalue weighted by molar-refractivity contribution is 6.05. The molecule has 0 saturated carbocycles. The van der Waals surface area contributed by atoms with Gasteiger partial charge in [-0.1, -0.05) is 19.1 Å². The average Bonchev–Trinajstić information content (AvgIpc) is 3.08. The zero-order valence-corrected chi connectivity index (χ0v) is 11.9. The topological polar surface area (TPSA) is 78.1 Å². The maximum Gasteiger partial charge on any atom is 0.229 e. The Kier molecular flexibility index (Phi) is 3.60. The summed E-state index contributed by atoms with van der Waals surface area (Å²) in [5.41, 5.74) is 0.888. The number of nitrogens with zero attached hydrogens (tertiary/aromatic N) is 2. The van der Waals surface area contributed by atoms with E-state index in [2.05, 4.69) is 15.5 Å². The molecule has 2 amide bonds. The first kappa shape index (κ1) is 13.6. The number of aromatic nitrogens is 2. The van der Waals surface area contributed by atoms with Gasteiger partial charge in [-0.2, -0.15) is 5.10 Å². The molecule has 1 fully saturated rings. The number of amides is 2. The van der Waals surface area contributed by atoms with Crippen molar-refractivity contribution in [3.63, 3.8) is 0 Å². The number of H-pyrrole nitrogens is 1. The average molecular weight is 286 g/mol. The number of fused-ring (bicyclic) bond motifs is 1. The van der Waals surface area contributed by atoms with Crippen LogP contribution < -0.4 is 10.2 Å². The van der Waals surface area contributed by atoms with Gasteiger partial charge >= 0.3 is 0 Å². The molecule has 1 aliphatic heterocycles. The summed E-state index contributed by atoms with van der Waals surface area (Å²) < 4.78 is 0. The zero-order valence-electron chi connectivity index (χ0n) is 11.9. The van der Waals surface area contributed by atoms with E-state index in [4.69, 9.17) is 0 Å². The fraction of sp³-hybridized carbons (Fsp3) is 0.400. The second-order valence-electron chi connectivity index (χ2n) is 5.29. The van der Waals surface area contributed by atoms with Gasteiger partial charge in [-0.3, -0.25) is 19.6 Å². The Morgan fingerprint density at radius 2 is 2.29 bits per heavy atom. The largest absolute Gasteiger partial charge is 0.356 e. The van der Waals surface area contributed by atoms with Crippen molar-refractivity contribution in [2.75, 3.05) is 18.0 Å². The Morgan fingerprint density at radius 1 is 1.48 bits per heavy atom. The molecule has 6 heteroatoms. The zero-order chi connectivity index (χ0) is 14.8. The van der Waals surface area contributed by atoms with E-state index in [0.717, 1.165) is 17.3 Å². The molecule has 6 nitrogen and oxygen atoms in total. The van der Waals surface area contributed by atoms with Crippen molar-refractivity contribution in [2.24, 2.45) is 5.92 Å². The van der Waals surface area contributed by atoms with E-state index < -0.39 is 0 Å². The van der Waals surface area contributed by atoms with E-state index in [1.807, 2.05) is 31.2 Å². The first-order valence-corrected chi connectivity index (χ1v) is 7.22. The quantitative estimate of drug-likeness (QED) is 0.892. The number of aromatic amines is 1. The fourth-order valence-electron chi connectivity index (χ4n) is 2.64. The van der Waals surface area contributed by atoms with Gasteiger partial charge in [0.15, 0.2) is 5.82 Å². The maximum absolute atomic E-state index is 12.2. The Labute approximate surface area is 122 Å². The summed E-state index contributed by atoms with van der Waals surface area (Å²) in [5, 5.41) is 10.9. The third kappa shape index (κ3) is 2.49. The summed E-state index contributed by atoms with van der Waals surface area (Å²) in [6, 6.07) is 7.66. The number of para-hydroxylation sites is 1. The molecule has 1 atom stereocenters. The van der Waals surface area contributed by atoms with Gasteiger partial charge in [0, 0.05) is 24.9 Å². The molecule has 1 aromatic heterocycles. The van der Waals surface area contributed by atoms with Crippen LogP contribution in [0.5, 0.6) is 0 Å². The smallest absolute Gasteiger partial charge is 0.229 e. The van der Waals surface area contributed by atoms with Crippen molar-refractivity contribution in [1.82, 2.24) is 15.5 Å². The van der Waals surface area contributed by atoms with Crippen molar-refractivity contribution in [1.29, 1.82) is 0 Å².